The predicted molar refractivity (Wildman–Crippen MR) is 98.5 cm³/mol. The monoisotopic (exact) mass is 372 g/mol. The Morgan fingerprint density at radius 1 is 1.37 bits per heavy atom. The van der Waals surface area contributed by atoms with Gasteiger partial charge in [-0.1, -0.05) is 12.1 Å². The van der Waals surface area contributed by atoms with E-state index in [0.717, 1.165) is 22.7 Å². The van der Waals surface area contributed by atoms with Gasteiger partial charge in [-0.05, 0) is 24.1 Å². The second kappa shape index (κ2) is 8.57. The largest absolute Gasteiger partial charge is 0.497 e. The van der Waals surface area contributed by atoms with Crippen LogP contribution in [0.3, 0.4) is 0 Å². The molecule has 1 aromatic heterocycles. The van der Waals surface area contributed by atoms with E-state index in [1.54, 1.807) is 18.3 Å². The number of esters is 1. The zero-order valence-corrected chi connectivity index (χ0v) is 15.5. The van der Waals surface area contributed by atoms with Crippen LogP contribution in [0.4, 0.5) is 4.79 Å². The fourth-order valence-corrected chi connectivity index (χ4v) is 3.28. The van der Waals surface area contributed by atoms with Gasteiger partial charge in [-0.25, -0.2) is 9.78 Å². The van der Waals surface area contributed by atoms with Crippen molar-refractivity contribution in [2.75, 3.05) is 27.3 Å². The highest BCUT2D eigenvalue weighted by molar-refractivity contribution is 5.76. The van der Waals surface area contributed by atoms with Crippen molar-refractivity contribution in [1.29, 1.82) is 0 Å². The molecular formula is C19H24N4O4. The molecule has 3 rings (SSSR count). The second-order valence-electron chi connectivity index (χ2n) is 6.30. The number of H-pyrrole nitrogens is 1. The first kappa shape index (κ1) is 18.8. The number of methoxy groups -OCH3 is 2. The Hall–Kier alpha value is -3.03. The smallest absolute Gasteiger partial charge is 0.318 e. The highest BCUT2D eigenvalue weighted by Gasteiger charge is 2.34. The summed E-state index contributed by atoms with van der Waals surface area (Å²) in [6.07, 6.45) is 3.18. The number of nitrogens with one attached hydrogen (secondary N) is 2. The van der Waals surface area contributed by atoms with Gasteiger partial charge < -0.3 is 24.7 Å². The van der Waals surface area contributed by atoms with Gasteiger partial charge in [-0.3, -0.25) is 4.79 Å². The molecule has 144 valence electrons. The first-order chi connectivity index (χ1) is 13.1. The molecule has 0 spiro atoms. The number of aromatic nitrogens is 2. The number of carbonyl (C=O) groups is 2. The standard InChI is InChI=1S/C19H24N4O4/c1-26-14-6-3-5-13(11-14)18-17-15(21-12-22-17)8-10-23(18)19(25)20-9-4-7-16(24)27-2/h3,5-6,11-12,18H,4,7-10H2,1-2H3,(H,20,25)(H,21,22)/t18-/m0/s1. The van der Waals surface area contributed by atoms with Crippen molar-refractivity contribution in [2.45, 2.75) is 25.3 Å². The lowest BCUT2D eigenvalue weighted by Crippen LogP contribution is -2.46. The van der Waals surface area contributed by atoms with Crippen LogP contribution in [0.15, 0.2) is 30.6 Å². The molecular weight excluding hydrogens is 348 g/mol. The van der Waals surface area contributed by atoms with Gasteiger partial charge in [0.15, 0.2) is 0 Å². The Morgan fingerprint density at radius 3 is 3.00 bits per heavy atom. The molecule has 1 aromatic carbocycles. The second-order valence-corrected chi connectivity index (χ2v) is 6.30. The molecule has 1 aliphatic rings. The summed E-state index contributed by atoms with van der Waals surface area (Å²) < 4.78 is 9.95. The normalized spacial score (nSPS) is 15.8. The molecule has 1 atom stereocenters. The van der Waals surface area contributed by atoms with Crippen molar-refractivity contribution in [2.24, 2.45) is 0 Å². The van der Waals surface area contributed by atoms with E-state index >= 15 is 0 Å². The van der Waals surface area contributed by atoms with Gasteiger partial charge in [0.1, 0.15) is 11.8 Å². The Bertz CT molecular complexity index is 805. The van der Waals surface area contributed by atoms with Crippen molar-refractivity contribution in [1.82, 2.24) is 20.2 Å². The van der Waals surface area contributed by atoms with Crippen LogP contribution in [0, 0.1) is 0 Å². The highest BCUT2D eigenvalue weighted by Crippen LogP contribution is 2.34. The van der Waals surface area contributed by atoms with Crippen LogP contribution in [0.25, 0.3) is 0 Å². The number of ether oxygens (including phenoxy) is 2. The number of fused-ring (bicyclic) bond motifs is 1. The number of nitrogens with zero attached hydrogens (tertiary/aromatic N) is 2. The zero-order valence-electron chi connectivity index (χ0n) is 15.5. The summed E-state index contributed by atoms with van der Waals surface area (Å²) in [5.41, 5.74) is 2.82. The fraction of sp³-hybridized carbons (Fsp3) is 0.421. The summed E-state index contributed by atoms with van der Waals surface area (Å²) in [4.78, 5) is 33.4. The molecule has 0 unspecified atom stereocenters. The molecule has 0 radical (unpaired) electrons. The van der Waals surface area contributed by atoms with E-state index in [0.29, 0.717) is 25.9 Å². The lowest BCUT2D eigenvalue weighted by molar-refractivity contribution is -0.140. The topological polar surface area (TPSA) is 96.6 Å². The number of aromatic amines is 1. The number of benzene rings is 1. The molecule has 1 aliphatic heterocycles. The number of urea groups is 1. The molecule has 8 heteroatoms. The third kappa shape index (κ3) is 4.21. The van der Waals surface area contributed by atoms with Crippen LogP contribution >= 0.6 is 0 Å². The number of rotatable bonds is 6. The average molecular weight is 372 g/mol. The maximum absolute atomic E-state index is 12.8. The lowest BCUT2D eigenvalue weighted by atomic mass is 9.96. The van der Waals surface area contributed by atoms with Crippen LogP contribution in [-0.4, -0.2) is 54.2 Å². The minimum absolute atomic E-state index is 0.179. The number of carbonyl (C=O) groups excluding carboxylic acids is 2. The molecule has 2 amide bonds. The van der Waals surface area contributed by atoms with E-state index in [2.05, 4.69) is 20.0 Å². The van der Waals surface area contributed by atoms with E-state index in [9.17, 15) is 9.59 Å². The molecule has 0 bridgehead atoms. The quantitative estimate of drug-likeness (QED) is 0.597. The molecule has 0 saturated carbocycles. The SMILES string of the molecule is COC(=O)CCCNC(=O)N1CCc2[nH]cnc2[C@@H]1c1cccc(OC)c1. The third-order valence-corrected chi connectivity index (χ3v) is 4.66. The summed E-state index contributed by atoms with van der Waals surface area (Å²) >= 11 is 0. The first-order valence-electron chi connectivity index (χ1n) is 8.91. The van der Waals surface area contributed by atoms with Crippen LogP contribution in [0.5, 0.6) is 5.75 Å². The van der Waals surface area contributed by atoms with E-state index in [1.165, 1.54) is 7.11 Å². The lowest BCUT2D eigenvalue weighted by Gasteiger charge is -2.35. The van der Waals surface area contributed by atoms with Crippen molar-refractivity contribution in [3.63, 3.8) is 0 Å². The third-order valence-electron chi connectivity index (χ3n) is 4.66. The maximum atomic E-state index is 12.8. The van der Waals surface area contributed by atoms with E-state index < -0.39 is 0 Å². The van der Waals surface area contributed by atoms with E-state index in [4.69, 9.17) is 4.74 Å². The van der Waals surface area contributed by atoms with Crippen LogP contribution in [0.1, 0.15) is 35.8 Å². The molecule has 8 nitrogen and oxygen atoms in total. The van der Waals surface area contributed by atoms with Crippen molar-refractivity contribution in [3.05, 3.63) is 47.5 Å². The highest BCUT2D eigenvalue weighted by atomic mass is 16.5. The number of imidazole rings is 1. The van der Waals surface area contributed by atoms with Gasteiger partial charge in [0.05, 0.1) is 26.2 Å². The van der Waals surface area contributed by atoms with Gasteiger partial charge in [-0.15, -0.1) is 0 Å². The summed E-state index contributed by atoms with van der Waals surface area (Å²) in [6, 6.07) is 7.19. The van der Waals surface area contributed by atoms with Gasteiger partial charge in [0, 0.05) is 31.6 Å². The Balaban J connectivity index is 1.76. The average Bonchev–Trinajstić information content (AvgIpc) is 3.18. The summed E-state index contributed by atoms with van der Waals surface area (Å²) in [7, 11) is 2.97. The number of hydrogen-bond acceptors (Lipinski definition) is 5. The molecule has 0 fully saturated rings. The van der Waals surface area contributed by atoms with Gasteiger partial charge in [-0.2, -0.15) is 0 Å². The summed E-state index contributed by atoms with van der Waals surface area (Å²) in [5, 5.41) is 2.89. The number of hydrogen-bond donors (Lipinski definition) is 2. The van der Waals surface area contributed by atoms with E-state index in [1.807, 2.05) is 24.3 Å². The molecule has 0 aliphatic carbocycles. The minimum atomic E-state index is -0.296. The Morgan fingerprint density at radius 2 is 2.22 bits per heavy atom. The van der Waals surface area contributed by atoms with E-state index in [-0.39, 0.29) is 24.5 Å². The summed E-state index contributed by atoms with van der Waals surface area (Å²) in [5.74, 6) is 0.450. The van der Waals surface area contributed by atoms with Gasteiger partial charge in [0.25, 0.3) is 0 Å². The number of amides is 2. The van der Waals surface area contributed by atoms with Crippen molar-refractivity contribution >= 4 is 12.0 Å². The molecule has 0 saturated heterocycles. The van der Waals surface area contributed by atoms with Crippen LogP contribution in [0.2, 0.25) is 0 Å². The van der Waals surface area contributed by atoms with Crippen LogP contribution < -0.4 is 10.1 Å². The first-order valence-corrected chi connectivity index (χ1v) is 8.91. The summed E-state index contributed by atoms with van der Waals surface area (Å²) in [6.45, 7) is 0.975. The Labute approximate surface area is 157 Å². The zero-order chi connectivity index (χ0) is 19.2. The van der Waals surface area contributed by atoms with Gasteiger partial charge >= 0.3 is 12.0 Å². The molecule has 27 heavy (non-hydrogen) atoms. The minimum Gasteiger partial charge on any atom is -0.497 e. The molecule has 2 aromatic rings. The van der Waals surface area contributed by atoms with Crippen LogP contribution in [-0.2, 0) is 16.0 Å². The Kier molecular flexibility index (Phi) is 5.95. The molecule has 2 heterocycles. The maximum Gasteiger partial charge on any atom is 0.318 e. The van der Waals surface area contributed by atoms with Gasteiger partial charge in [0.2, 0.25) is 0 Å². The predicted octanol–water partition coefficient (Wildman–Crippen LogP) is 2.03. The fourth-order valence-electron chi connectivity index (χ4n) is 3.28. The van der Waals surface area contributed by atoms with Crippen molar-refractivity contribution in [3.8, 4) is 5.75 Å². The van der Waals surface area contributed by atoms with Crippen molar-refractivity contribution < 1.29 is 19.1 Å². The molecule has 2 N–H and O–H groups in total.